The van der Waals surface area contributed by atoms with E-state index < -0.39 is 11.2 Å². The minimum atomic E-state index is -0.596. The topological polar surface area (TPSA) is 64.6 Å². The molecule has 3 aliphatic carbocycles. The minimum Gasteiger partial charge on any atom is -0.484 e. The summed E-state index contributed by atoms with van der Waals surface area (Å²) in [7, 11) is 1.38. The van der Waals surface area contributed by atoms with Gasteiger partial charge in [-0.25, -0.2) is 4.39 Å². The molecule has 3 fully saturated rings. The average Bonchev–Trinajstić information content (AvgIpc) is 3.04. The third kappa shape index (κ3) is 2.87. The zero-order chi connectivity index (χ0) is 16.7. The molecule has 23 heavy (non-hydrogen) atoms. The Morgan fingerprint density at radius 1 is 1.35 bits per heavy atom. The molecule has 1 N–H and O–H groups in total. The summed E-state index contributed by atoms with van der Waals surface area (Å²) in [6.45, 7) is -0.214. The number of esters is 1. The maximum atomic E-state index is 13.3. The second kappa shape index (κ2) is 5.67. The summed E-state index contributed by atoms with van der Waals surface area (Å²) in [6.07, 6.45) is 2.69. The molecule has 0 aliphatic heterocycles. The van der Waals surface area contributed by atoms with E-state index in [0.29, 0.717) is 12.8 Å². The smallest absolute Gasteiger partial charge is 0.311 e. The Bertz CT molecular complexity index is 657. The number of fused-ring (bicyclic) bond motifs is 1. The van der Waals surface area contributed by atoms with Gasteiger partial charge in [-0.05, 0) is 37.8 Å². The quantitative estimate of drug-likeness (QED) is 0.836. The van der Waals surface area contributed by atoms with Crippen molar-refractivity contribution in [3.05, 3.63) is 29.0 Å². The van der Waals surface area contributed by atoms with Crippen LogP contribution < -0.4 is 10.1 Å². The van der Waals surface area contributed by atoms with E-state index in [9.17, 15) is 14.0 Å². The molecule has 1 amide bonds. The summed E-state index contributed by atoms with van der Waals surface area (Å²) < 4.78 is 23.4. The number of rotatable bonds is 5. The lowest BCUT2D eigenvalue weighted by Gasteiger charge is -2.45. The number of methoxy groups -OCH3 is 1. The molecule has 124 valence electrons. The summed E-state index contributed by atoms with van der Waals surface area (Å²) in [5, 5.41) is 2.93. The molecule has 1 aromatic carbocycles. The van der Waals surface area contributed by atoms with Crippen LogP contribution in [0.25, 0.3) is 0 Å². The summed E-state index contributed by atoms with van der Waals surface area (Å²) in [6, 6.07) is 4.00. The van der Waals surface area contributed by atoms with Gasteiger partial charge in [0.25, 0.3) is 5.91 Å². The van der Waals surface area contributed by atoms with Crippen LogP contribution in [0.2, 0.25) is 5.02 Å². The predicted octanol–water partition coefficient (Wildman–Crippen LogP) is 2.46. The SMILES string of the molecule is COC(=O)C12CCC(NC(=O)COc3ccc(Cl)c(F)c3)(C1)C2. The first kappa shape index (κ1) is 16.1. The highest BCUT2D eigenvalue weighted by Crippen LogP contribution is 2.61. The third-order valence-electron chi connectivity index (χ3n) is 4.72. The van der Waals surface area contributed by atoms with Crippen LogP contribution >= 0.6 is 11.6 Å². The zero-order valence-corrected chi connectivity index (χ0v) is 13.4. The number of carbonyl (C=O) groups is 2. The monoisotopic (exact) mass is 341 g/mol. The number of hydrogen-bond donors (Lipinski definition) is 1. The van der Waals surface area contributed by atoms with Gasteiger partial charge in [0.1, 0.15) is 11.6 Å². The first-order chi connectivity index (χ1) is 10.9. The predicted molar refractivity (Wildman–Crippen MR) is 80.7 cm³/mol. The molecule has 0 saturated heterocycles. The lowest BCUT2D eigenvalue weighted by molar-refractivity contribution is -0.159. The largest absolute Gasteiger partial charge is 0.484 e. The van der Waals surface area contributed by atoms with Gasteiger partial charge in [-0.3, -0.25) is 9.59 Å². The fraction of sp³-hybridized carbons (Fsp3) is 0.500. The first-order valence-corrected chi connectivity index (χ1v) is 7.73. The molecule has 0 heterocycles. The number of carbonyl (C=O) groups excluding carboxylic acids is 2. The molecule has 0 aromatic heterocycles. The highest BCUT2D eigenvalue weighted by Gasteiger charge is 2.65. The lowest BCUT2D eigenvalue weighted by Crippen LogP contribution is -2.58. The van der Waals surface area contributed by atoms with Crippen molar-refractivity contribution in [3.63, 3.8) is 0 Å². The van der Waals surface area contributed by atoms with Crippen molar-refractivity contribution in [2.45, 2.75) is 31.2 Å². The van der Waals surface area contributed by atoms with E-state index in [2.05, 4.69) is 5.32 Å². The van der Waals surface area contributed by atoms with Crippen LogP contribution in [0, 0.1) is 11.2 Å². The van der Waals surface area contributed by atoms with Gasteiger partial charge >= 0.3 is 5.97 Å². The van der Waals surface area contributed by atoms with E-state index >= 15 is 0 Å². The van der Waals surface area contributed by atoms with Crippen molar-refractivity contribution >= 4 is 23.5 Å². The van der Waals surface area contributed by atoms with Crippen LogP contribution in [0.1, 0.15) is 25.7 Å². The standard InChI is InChI=1S/C16H17ClFNO4/c1-22-14(21)15-4-5-16(8-15,9-15)19-13(20)7-23-10-2-3-11(17)12(18)6-10/h2-3,6H,4-5,7-9H2,1H3,(H,19,20). The van der Waals surface area contributed by atoms with Crippen LogP contribution in [-0.4, -0.2) is 31.1 Å². The molecule has 4 rings (SSSR count). The maximum Gasteiger partial charge on any atom is 0.311 e. The Morgan fingerprint density at radius 3 is 2.74 bits per heavy atom. The van der Waals surface area contributed by atoms with Crippen molar-refractivity contribution in [2.24, 2.45) is 5.41 Å². The molecule has 1 aromatic rings. The van der Waals surface area contributed by atoms with Gasteiger partial charge in [-0.15, -0.1) is 0 Å². The highest BCUT2D eigenvalue weighted by atomic mass is 35.5. The Balaban J connectivity index is 1.51. The van der Waals surface area contributed by atoms with Crippen LogP contribution in [-0.2, 0) is 14.3 Å². The lowest BCUT2D eigenvalue weighted by atomic mass is 9.65. The summed E-state index contributed by atoms with van der Waals surface area (Å²) in [5.41, 5.74) is -0.762. The van der Waals surface area contributed by atoms with Gasteiger partial charge in [0.15, 0.2) is 6.61 Å². The zero-order valence-electron chi connectivity index (χ0n) is 12.7. The second-order valence-corrected chi connectivity index (χ2v) is 6.73. The van der Waals surface area contributed by atoms with E-state index in [1.165, 1.54) is 19.2 Å². The fourth-order valence-corrected chi connectivity index (χ4v) is 3.85. The number of amides is 1. The van der Waals surface area contributed by atoms with Gasteiger partial charge in [-0.1, -0.05) is 11.6 Å². The average molecular weight is 342 g/mol. The van der Waals surface area contributed by atoms with E-state index in [4.69, 9.17) is 21.1 Å². The van der Waals surface area contributed by atoms with Crippen molar-refractivity contribution in [1.82, 2.24) is 5.32 Å². The Kier molecular flexibility index (Phi) is 3.96. The van der Waals surface area contributed by atoms with Gasteiger partial charge < -0.3 is 14.8 Å². The van der Waals surface area contributed by atoms with Gasteiger partial charge in [0.2, 0.25) is 0 Å². The molecule has 7 heteroatoms. The summed E-state index contributed by atoms with van der Waals surface area (Å²) in [5.74, 6) is -0.849. The van der Waals surface area contributed by atoms with Crippen LogP contribution in [0.3, 0.4) is 0 Å². The molecule has 3 aliphatic rings. The van der Waals surface area contributed by atoms with E-state index in [0.717, 1.165) is 18.9 Å². The molecular weight excluding hydrogens is 325 g/mol. The number of benzene rings is 1. The summed E-state index contributed by atoms with van der Waals surface area (Å²) >= 11 is 5.58. The van der Waals surface area contributed by atoms with E-state index in [-0.39, 0.29) is 34.8 Å². The highest BCUT2D eigenvalue weighted by molar-refractivity contribution is 6.30. The van der Waals surface area contributed by atoms with Crippen molar-refractivity contribution < 1.29 is 23.5 Å². The van der Waals surface area contributed by atoms with Crippen molar-refractivity contribution in [2.75, 3.05) is 13.7 Å². The molecule has 0 atom stereocenters. The van der Waals surface area contributed by atoms with Crippen LogP contribution in [0.15, 0.2) is 18.2 Å². The molecule has 5 nitrogen and oxygen atoms in total. The Morgan fingerprint density at radius 2 is 2.09 bits per heavy atom. The van der Waals surface area contributed by atoms with Crippen molar-refractivity contribution in [3.8, 4) is 5.75 Å². The molecular formula is C16H17ClFNO4. The van der Waals surface area contributed by atoms with E-state index in [1.54, 1.807) is 0 Å². The Hall–Kier alpha value is -1.82. The molecule has 0 unspecified atom stereocenters. The second-order valence-electron chi connectivity index (χ2n) is 6.32. The van der Waals surface area contributed by atoms with Crippen LogP contribution in [0.4, 0.5) is 4.39 Å². The fourth-order valence-electron chi connectivity index (χ4n) is 3.74. The number of hydrogen-bond acceptors (Lipinski definition) is 4. The Labute approximate surface area is 138 Å². The molecule has 2 bridgehead atoms. The van der Waals surface area contributed by atoms with Gasteiger partial charge in [-0.2, -0.15) is 0 Å². The third-order valence-corrected chi connectivity index (χ3v) is 5.03. The molecule has 0 radical (unpaired) electrons. The normalized spacial score (nSPS) is 28.0. The number of halogens is 2. The van der Waals surface area contributed by atoms with Gasteiger partial charge in [0.05, 0.1) is 17.5 Å². The molecule has 0 spiro atoms. The first-order valence-electron chi connectivity index (χ1n) is 7.35. The number of nitrogens with one attached hydrogen (secondary N) is 1. The van der Waals surface area contributed by atoms with Crippen LogP contribution in [0.5, 0.6) is 5.75 Å². The molecule has 3 saturated carbocycles. The van der Waals surface area contributed by atoms with Crippen molar-refractivity contribution in [1.29, 1.82) is 0 Å². The van der Waals surface area contributed by atoms with Gasteiger partial charge in [0, 0.05) is 11.6 Å². The number of ether oxygens (including phenoxy) is 2. The maximum absolute atomic E-state index is 13.3. The van der Waals surface area contributed by atoms with E-state index in [1.807, 2.05) is 0 Å². The summed E-state index contributed by atoms with van der Waals surface area (Å²) in [4.78, 5) is 23.8. The minimum absolute atomic E-state index is 0.000245.